The number of rotatable bonds is 2. The minimum atomic E-state index is 0.394. The summed E-state index contributed by atoms with van der Waals surface area (Å²) in [7, 11) is 0. The third-order valence-corrected chi connectivity index (χ3v) is 4.54. The Bertz CT molecular complexity index is 363. The molecule has 0 aliphatic carbocycles. The van der Waals surface area contributed by atoms with Gasteiger partial charge in [0.2, 0.25) is 0 Å². The van der Waals surface area contributed by atoms with Crippen LogP contribution in [0.3, 0.4) is 0 Å². The number of benzene rings is 1. The van der Waals surface area contributed by atoms with Crippen LogP contribution in [-0.4, -0.2) is 23.5 Å². The molecule has 1 aromatic carbocycles. The molecule has 0 bridgehead atoms. The summed E-state index contributed by atoms with van der Waals surface area (Å²) in [5.74, 6) is 0. The second-order valence-electron chi connectivity index (χ2n) is 5.10. The summed E-state index contributed by atoms with van der Waals surface area (Å²) in [6.45, 7) is 5.72. The quantitative estimate of drug-likeness (QED) is 0.835. The second kappa shape index (κ2) is 5.67. The zero-order chi connectivity index (χ0) is 12.4. The molecule has 3 unspecified atom stereocenters. The van der Waals surface area contributed by atoms with Crippen LogP contribution in [0.15, 0.2) is 24.3 Å². The van der Waals surface area contributed by atoms with Gasteiger partial charge >= 0.3 is 0 Å². The van der Waals surface area contributed by atoms with E-state index in [0.29, 0.717) is 18.1 Å². The predicted octanol–water partition coefficient (Wildman–Crippen LogP) is 3.16. The molecule has 2 nitrogen and oxygen atoms in total. The van der Waals surface area contributed by atoms with Crippen molar-refractivity contribution in [1.82, 2.24) is 4.90 Å². The lowest BCUT2D eigenvalue weighted by Gasteiger charge is -2.40. The summed E-state index contributed by atoms with van der Waals surface area (Å²) in [6.07, 6.45) is 2.24. The number of likely N-dealkylation sites (tertiary alicyclic amines) is 1. The Labute approximate surface area is 118 Å². The number of piperidine rings is 1. The summed E-state index contributed by atoms with van der Waals surface area (Å²) in [5, 5.41) is 0. The minimum Gasteiger partial charge on any atom is -0.328 e. The Morgan fingerprint density at radius 2 is 2.00 bits per heavy atom. The Hall–Kier alpha value is -0.130. The van der Waals surface area contributed by atoms with Gasteiger partial charge in [-0.25, -0.2) is 0 Å². The van der Waals surface area contributed by atoms with Gasteiger partial charge in [0, 0.05) is 28.2 Å². The SMILES string of the molecule is CC1CC(N)CCN1C(C)c1ccc(I)cc1. The van der Waals surface area contributed by atoms with Crippen LogP contribution in [0.5, 0.6) is 0 Å². The molecular weight excluding hydrogens is 323 g/mol. The molecule has 1 aliphatic heterocycles. The molecule has 3 atom stereocenters. The molecule has 1 fully saturated rings. The molecule has 0 aromatic heterocycles. The smallest absolute Gasteiger partial charge is 0.0322 e. The predicted molar refractivity (Wildman–Crippen MR) is 81.0 cm³/mol. The average molecular weight is 344 g/mol. The lowest BCUT2D eigenvalue weighted by atomic mass is 9.95. The van der Waals surface area contributed by atoms with Crippen molar-refractivity contribution >= 4 is 22.6 Å². The Kier molecular flexibility index (Phi) is 4.44. The van der Waals surface area contributed by atoms with E-state index < -0.39 is 0 Å². The summed E-state index contributed by atoms with van der Waals surface area (Å²) >= 11 is 2.35. The van der Waals surface area contributed by atoms with Crippen molar-refractivity contribution in [3.8, 4) is 0 Å². The van der Waals surface area contributed by atoms with Crippen LogP contribution >= 0.6 is 22.6 Å². The number of nitrogens with zero attached hydrogens (tertiary/aromatic N) is 1. The molecule has 1 aliphatic rings. The van der Waals surface area contributed by atoms with Crippen LogP contribution in [0.25, 0.3) is 0 Å². The summed E-state index contributed by atoms with van der Waals surface area (Å²) in [6, 6.07) is 10.3. The molecule has 0 spiro atoms. The molecule has 0 saturated carbocycles. The number of halogens is 1. The zero-order valence-corrected chi connectivity index (χ0v) is 12.7. The maximum Gasteiger partial charge on any atom is 0.0322 e. The van der Waals surface area contributed by atoms with E-state index in [0.717, 1.165) is 19.4 Å². The summed E-state index contributed by atoms with van der Waals surface area (Å²) in [5.41, 5.74) is 7.43. The topological polar surface area (TPSA) is 29.3 Å². The third-order valence-electron chi connectivity index (χ3n) is 3.82. The van der Waals surface area contributed by atoms with Gasteiger partial charge in [-0.1, -0.05) is 12.1 Å². The van der Waals surface area contributed by atoms with Gasteiger partial charge in [-0.15, -0.1) is 0 Å². The Morgan fingerprint density at radius 3 is 2.59 bits per heavy atom. The normalized spacial score (nSPS) is 28.0. The number of nitrogens with two attached hydrogens (primary N) is 1. The first kappa shape index (κ1) is 13.3. The maximum absolute atomic E-state index is 6.02. The van der Waals surface area contributed by atoms with Crippen LogP contribution in [-0.2, 0) is 0 Å². The van der Waals surface area contributed by atoms with E-state index in [9.17, 15) is 0 Å². The average Bonchev–Trinajstić information content (AvgIpc) is 2.29. The fraction of sp³-hybridized carbons (Fsp3) is 0.571. The fourth-order valence-corrected chi connectivity index (χ4v) is 3.09. The van der Waals surface area contributed by atoms with Gasteiger partial charge in [-0.3, -0.25) is 4.90 Å². The van der Waals surface area contributed by atoms with Crippen LogP contribution in [0, 0.1) is 3.57 Å². The van der Waals surface area contributed by atoms with Gasteiger partial charge in [0.1, 0.15) is 0 Å². The molecule has 17 heavy (non-hydrogen) atoms. The Balaban J connectivity index is 2.09. The highest BCUT2D eigenvalue weighted by molar-refractivity contribution is 14.1. The van der Waals surface area contributed by atoms with Gasteiger partial charge in [-0.2, -0.15) is 0 Å². The van der Waals surface area contributed by atoms with Crippen molar-refractivity contribution in [2.45, 2.75) is 44.8 Å². The monoisotopic (exact) mass is 344 g/mol. The molecule has 94 valence electrons. The molecule has 1 saturated heterocycles. The van der Waals surface area contributed by atoms with Crippen LogP contribution in [0.4, 0.5) is 0 Å². The molecule has 0 amide bonds. The maximum atomic E-state index is 6.02. The van der Waals surface area contributed by atoms with Crippen molar-refractivity contribution in [2.75, 3.05) is 6.54 Å². The van der Waals surface area contributed by atoms with Gasteiger partial charge in [-0.05, 0) is 67.0 Å². The van der Waals surface area contributed by atoms with Crippen molar-refractivity contribution in [3.05, 3.63) is 33.4 Å². The highest BCUT2D eigenvalue weighted by atomic mass is 127. The zero-order valence-electron chi connectivity index (χ0n) is 10.6. The molecule has 1 heterocycles. The van der Waals surface area contributed by atoms with E-state index in [4.69, 9.17) is 5.73 Å². The van der Waals surface area contributed by atoms with Gasteiger partial charge < -0.3 is 5.73 Å². The third kappa shape index (κ3) is 3.20. The van der Waals surface area contributed by atoms with Crippen LogP contribution in [0.2, 0.25) is 0 Å². The van der Waals surface area contributed by atoms with E-state index >= 15 is 0 Å². The Morgan fingerprint density at radius 1 is 1.35 bits per heavy atom. The van der Waals surface area contributed by atoms with Crippen molar-refractivity contribution < 1.29 is 0 Å². The van der Waals surface area contributed by atoms with E-state index in [2.05, 4.69) is 65.6 Å². The highest BCUT2D eigenvalue weighted by Gasteiger charge is 2.27. The van der Waals surface area contributed by atoms with Crippen LogP contribution in [0.1, 0.15) is 38.3 Å². The molecule has 2 N–H and O–H groups in total. The van der Waals surface area contributed by atoms with E-state index in [1.807, 2.05) is 0 Å². The van der Waals surface area contributed by atoms with Crippen molar-refractivity contribution in [3.63, 3.8) is 0 Å². The first-order chi connectivity index (χ1) is 8.08. The number of hydrogen-bond acceptors (Lipinski definition) is 2. The second-order valence-corrected chi connectivity index (χ2v) is 6.34. The molecular formula is C14H21IN2. The molecule has 1 aromatic rings. The summed E-state index contributed by atoms with van der Waals surface area (Å²) in [4.78, 5) is 2.57. The van der Waals surface area contributed by atoms with E-state index in [1.165, 1.54) is 9.13 Å². The molecule has 3 heteroatoms. The largest absolute Gasteiger partial charge is 0.328 e. The first-order valence-corrected chi connectivity index (χ1v) is 7.42. The standard InChI is InChI=1S/C14H21IN2/c1-10-9-14(16)7-8-17(10)11(2)12-3-5-13(15)6-4-12/h3-6,10-11,14H,7-9,16H2,1-2H3. The fourth-order valence-electron chi connectivity index (χ4n) is 2.73. The van der Waals surface area contributed by atoms with E-state index in [1.54, 1.807) is 0 Å². The molecule has 2 rings (SSSR count). The lowest BCUT2D eigenvalue weighted by Crippen LogP contribution is -2.46. The molecule has 0 radical (unpaired) electrons. The first-order valence-electron chi connectivity index (χ1n) is 6.34. The van der Waals surface area contributed by atoms with Gasteiger partial charge in [0.05, 0.1) is 0 Å². The van der Waals surface area contributed by atoms with E-state index in [-0.39, 0.29) is 0 Å². The summed E-state index contributed by atoms with van der Waals surface area (Å²) < 4.78 is 1.30. The minimum absolute atomic E-state index is 0.394. The lowest BCUT2D eigenvalue weighted by molar-refractivity contribution is 0.104. The van der Waals surface area contributed by atoms with Gasteiger partial charge in [0.25, 0.3) is 0 Å². The van der Waals surface area contributed by atoms with Crippen molar-refractivity contribution in [1.29, 1.82) is 0 Å². The number of hydrogen-bond donors (Lipinski definition) is 1. The van der Waals surface area contributed by atoms with Crippen LogP contribution < -0.4 is 5.73 Å². The van der Waals surface area contributed by atoms with Gasteiger partial charge in [0.15, 0.2) is 0 Å². The van der Waals surface area contributed by atoms with Crippen molar-refractivity contribution in [2.24, 2.45) is 5.73 Å². The highest BCUT2D eigenvalue weighted by Crippen LogP contribution is 2.28.